The van der Waals surface area contributed by atoms with Crippen molar-refractivity contribution in [2.24, 2.45) is 0 Å². The molecule has 1 fully saturated rings. The highest BCUT2D eigenvalue weighted by Crippen LogP contribution is 2.38. The number of rotatable bonds is 5. The van der Waals surface area contributed by atoms with Gasteiger partial charge in [0.1, 0.15) is 11.5 Å². The van der Waals surface area contributed by atoms with E-state index in [1.165, 1.54) is 5.56 Å². The van der Waals surface area contributed by atoms with Crippen LogP contribution in [0.5, 0.6) is 11.5 Å². The van der Waals surface area contributed by atoms with Crippen LogP contribution in [-0.2, 0) is 5.60 Å². The van der Waals surface area contributed by atoms with Gasteiger partial charge in [0.25, 0.3) is 0 Å². The first kappa shape index (κ1) is 19.0. The number of halogens is 1. The standard InChI is InChI=1S/C21H26ClNO3/c1-15(16-4-7-18(25-2)8-5-16)23-12-10-21(24,11-13-23)17-6-9-19(22)20(14-17)26-3/h4-9,14-15,24H,10-13H2,1-3H3. The molecule has 5 heteroatoms. The maximum absolute atomic E-state index is 11.2. The molecule has 1 heterocycles. The van der Waals surface area contributed by atoms with E-state index in [2.05, 4.69) is 24.0 Å². The van der Waals surface area contributed by atoms with Crippen LogP contribution < -0.4 is 9.47 Å². The van der Waals surface area contributed by atoms with Gasteiger partial charge in [-0.25, -0.2) is 0 Å². The van der Waals surface area contributed by atoms with E-state index in [0.717, 1.165) is 24.4 Å². The molecular weight excluding hydrogens is 350 g/mol. The molecule has 140 valence electrons. The van der Waals surface area contributed by atoms with E-state index in [0.29, 0.717) is 29.7 Å². The number of nitrogens with zero attached hydrogens (tertiary/aromatic N) is 1. The lowest BCUT2D eigenvalue weighted by atomic mass is 9.83. The third-order valence-corrected chi connectivity index (χ3v) is 5.77. The number of aliphatic hydroxyl groups is 1. The molecule has 1 unspecified atom stereocenters. The second-order valence-electron chi connectivity index (χ2n) is 6.87. The van der Waals surface area contributed by atoms with Crippen molar-refractivity contribution in [3.8, 4) is 11.5 Å². The molecule has 0 spiro atoms. The quantitative estimate of drug-likeness (QED) is 0.840. The average Bonchev–Trinajstić information content (AvgIpc) is 2.68. The molecule has 0 bridgehead atoms. The van der Waals surface area contributed by atoms with Gasteiger partial charge < -0.3 is 14.6 Å². The molecule has 0 amide bonds. The van der Waals surface area contributed by atoms with Crippen molar-refractivity contribution in [3.05, 3.63) is 58.6 Å². The molecule has 0 aromatic heterocycles. The molecule has 0 saturated carbocycles. The van der Waals surface area contributed by atoms with Gasteiger partial charge in [0.15, 0.2) is 0 Å². The summed E-state index contributed by atoms with van der Waals surface area (Å²) in [6.45, 7) is 3.86. The predicted octanol–water partition coefficient (Wildman–Crippen LogP) is 4.40. The van der Waals surface area contributed by atoms with Crippen molar-refractivity contribution in [1.29, 1.82) is 0 Å². The minimum atomic E-state index is -0.839. The first-order valence-electron chi connectivity index (χ1n) is 8.91. The van der Waals surface area contributed by atoms with Gasteiger partial charge in [0.2, 0.25) is 0 Å². The van der Waals surface area contributed by atoms with E-state index < -0.39 is 5.60 Å². The number of piperidine rings is 1. The van der Waals surface area contributed by atoms with Gasteiger partial charge in [0, 0.05) is 19.1 Å². The lowest BCUT2D eigenvalue weighted by Crippen LogP contribution is -2.43. The summed E-state index contributed by atoms with van der Waals surface area (Å²) in [4.78, 5) is 2.41. The van der Waals surface area contributed by atoms with Gasteiger partial charge in [0.05, 0.1) is 24.8 Å². The van der Waals surface area contributed by atoms with Crippen LogP contribution in [0.15, 0.2) is 42.5 Å². The Morgan fingerprint density at radius 3 is 2.27 bits per heavy atom. The van der Waals surface area contributed by atoms with Crippen molar-refractivity contribution in [2.75, 3.05) is 27.3 Å². The number of benzene rings is 2. The molecular formula is C21H26ClNO3. The van der Waals surface area contributed by atoms with Crippen LogP contribution >= 0.6 is 11.6 Å². The van der Waals surface area contributed by atoms with E-state index in [-0.39, 0.29) is 0 Å². The van der Waals surface area contributed by atoms with Crippen molar-refractivity contribution < 1.29 is 14.6 Å². The molecule has 3 rings (SSSR count). The lowest BCUT2D eigenvalue weighted by molar-refractivity contribution is -0.0345. The maximum atomic E-state index is 11.2. The fourth-order valence-corrected chi connectivity index (χ4v) is 3.81. The maximum Gasteiger partial charge on any atom is 0.137 e. The van der Waals surface area contributed by atoms with Gasteiger partial charge in [-0.05, 0) is 55.2 Å². The van der Waals surface area contributed by atoms with Crippen LogP contribution in [-0.4, -0.2) is 37.3 Å². The first-order chi connectivity index (χ1) is 12.5. The van der Waals surface area contributed by atoms with E-state index in [1.54, 1.807) is 20.3 Å². The molecule has 1 N–H and O–H groups in total. The SMILES string of the molecule is COc1ccc(C(C)N2CCC(O)(c3ccc(Cl)c(OC)c3)CC2)cc1. The minimum Gasteiger partial charge on any atom is -0.497 e. The van der Waals surface area contributed by atoms with Gasteiger partial charge >= 0.3 is 0 Å². The summed E-state index contributed by atoms with van der Waals surface area (Å²) in [5.41, 5.74) is 1.29. The molecule has 1 atom stereocenters. The Hall–Kier alpha value is -1.75. The fraction of sp³-hybridized carbons (Fsp3) is 0.429. The summed E-state index contributed by atoms with van der Waals surface area (Å²) in [5, 5.41) is 11.7. The topological polar surface area (TPSA) is 41.9 Å². The number of ether oxygens (including phenoxy) is 2. The minimum absolute atomic E-state index is 0.296. The molecule has 26 heavy (non-hydrogen) atoms. The number of hydrogen-bond acceptors (Lipinski definition) is 4. The summed E-state index contributed by atoms with van der Waals surface area (Å²) < 4.78 is 10.5. The second-order valence-corrected chi connectivity index (χ2v) is 7.27. The molecule has 1 aliphatic rings. The Morgan fingerprint density at radius 1 is 1.04 bits per heavy atom. The largest absolute Gasteiger partial charge is 0.497 e. The Bertz CT molecular complexity index is 739. The summed E-state index contributed by atoms with van der Waals surface area (Å²) in [5.74, 6) is 1.47. The highest BCUT2D eigenvalue weighted by atomic mass is 35.5. The van der Waals surface area contributed by atoms with E-state index in [1.807, 2.05) is 24.3 Å². The van der Waals surface area contributed by atoms with Crippen LogP contribution in [0.3, 0.4) is 0 Å². The average molecular weight is 376 g/mol. The second kappa shape index (κ2) is 7.87. The highest BCUT2D eigenvalue weighted by Gasteiger charge is 2.35. The number of hydrogen-bond donors (Lipinski definition) is 1. The summed E-state index contributed by atoms with van der Waals surface area (Å²) in [6, 6.07) is 14.0. The van der Waals surface area contributed by atoms with Gasteiger partial charge in [-0.2, -0.15) is 0 Å². The Kier molecular flexibility index (Phi) is 5.76. The van der Waals surface area contributed by atoms with Crippen molar-refractivity contribution in [3.63, 3.8) is 0 Å². The van der Waals surface area contributed by atoms with Crippen LogP contribution in [0, 0.1) is 0 Å². The van der Waals surface area contributed by atoms with E-state index >= 15 is 0 Å². The normalized spacial score (nSPS) is 18.3. The Morgan fingerprint density at radius 2 is 1.69 bits per heavy atom. The number of likely N-dealkylation sites (tertiary alicyclic amines) is 1. The molecule has 4 nitrogen and oxygen atoms in total. The molecule has 2 aromatic carbocycles. The summed E-state index contributed by atoms with van der Waals surface area (Å²) in [6.07, 6.45) is 1.36. The van der Waals surface area contributed by atoms with Gasteiger partial charge in [-0.15, -0.1) is 0 Å². The third kappa shape index (κ3) is 3.83. The molecule has 2 aromatic rings. The third-order valence-electron chi connectivity index (χ3n) is 5.46. The monoisotopic (exact) mass is 375 g/mol. The van der Waals surface area contributed by atoms with Crippen LogP contribution in [0.2, 0.25) is 5.02 Å². The van der Waals surface area contributed by atoms with Gasteiger partial charge in [-0.3, -0.25) is 4.90 Å². The summed E-state index contributed by atoms with van der Waals surface area (Å²) in [7, 11) is 3.27. The van der Waals surface area contributed by atoms with Crippen molar-refractivity contribution in [2.45, 2.75) is 31.4 Å². The predicted molar refractivity (Wildman–Crippen MR) is 104 cm³/mol. The molecule has 1 saturated heterocycles. The molecule has 0 aliphatic carbocycles. The zero-order valence-corrected chi connectivity index (χ0v) is 16.3. The first-order valence-corrected chi connectivity index (χ1v) is 9.29. The van der Waals surface area contributed by atoms with E-state index in [9.17, 15) is 5.11 Å². The molecule has 1 aliphatic heterocycles. The van der Waals surface area contributed by atoms with Crippen molar-refractivity contribution >= 4 is 11.6 Å². The van der Waals surface area contributed by atoms with Crippen molar-refractivity contribution in [1.82, 2.24) is 4.90 Å². The Balaban J connectivity index is 1.69. The zero-order chi connectivity index (χ0) is 18.7. The van der Waals surface area contributed by atoms with Crippen LogP contribution in [0.25, 0.3) is 0 Å². The zero-order valence-electron chi connectivity index (χ0n) is 15.5. The smallest absolute Gasteiger partial charge is 0.137 e. The van der Waals surface area contributed by atoms with Crippen LogP contribution in [0.4, 0.5) is 0 Å². The fourth-order valence-electron chi connectivity index (χ4n) is 3.61. The number of methoxy groups -OCH3 is 2. The Labute approximate surface area is 160 Å². The highest BCUT2D eigenvalue weighted by molar-refractivity contribution is 6.32. The summed E-state index contributed by atoms with van der Waals surface area (Å²) >= 11 is 6.11. The van der Waals surface area contributed by atoms with Gasteiger partial charge in [-0.1, -0.05) is 29.8 Å². The van der Waals surface area contributed by atoms with E-state index in [4.69, 9.17) is 21.1 Å². The lowest BCUT2D eigenvalue weighted by Gasteiger charge is -2.41. The molecule has 0 radical (unpaired) electrons. The van der Waals surface area contributed by atoms with Crippen LogP contribution in [0.1, 0.15) is 36.9 Å².